The summed E-state index contributed by atoms with van der Waals surface area (Å²) >= 11 is 3.45. The summed E-state index contributed by atoms with van der Waals surface area (Å²) in [5.41, 5.74) is 2.16. The standard InChI is InChI=1S/C15H13BrFNO/c16-12-2-1-11-10-18(7-8-19-15(11)9-12)14-5-3-13(17)4-6-14/h1-6,9H,7-8,10H2. The van der Waals surface area contributed by atoms with Crippen molar-refractivity contribution in [2.75, 3.05) is 18.1 Å². The van der Waals surface area contributed by atoms with E-state index in [1.54, 1.807) is 12.1 Å². The number of nitrogens with zero attached hydrogens (tertiary/aromatic N) is 1. The molecule has 0 aliphatic carbocycles. The molecule has 0 fully saturated rings. The third kappa shape index (κ3) is 2.73. The summed E-state index contributed by atoms with van der Waals surface area (Å²) in [4.78, 5) is 2.19. The number of fused-ring (bicyclic) bond motifs is 1. The van der Waals surface area contributed by atoms with E-state index in [1.165, 1.54) is 12.1 Å². The molecule has 4 heteroatoms. The maximum absolute atomic E-state index is 13.0. The van der Waals surface area contributed by atoms with Gasteiger partial charge in [-0.3, -0.25) is 0 Å². The van der Waals surface area contributed by atoms with Gasteiger partial charge in [0.1, 0.15) is 18.2 Å². The Hall–Kier alpha value is -1.55. The van der Waals surface area contributed by atoms with Crippen LogP contribution in [0.5, 0.6) is 5.75 Å². The van der Waals surface area contributed by atoms with Crippen LogP contribution < -0.4 is 9.64 Å². The maximum atomic E-state index is 13.0. The van der Waals surface area contributed by atoms with Crippen molar-refractivity contribution < 1.29 is 9.13 Å². The van der Waals surface area contributed by atoms with Gasteiger partial charge in [-0.05, 0) is 36.4 Å². The van der Waals surface area contributed by atoms with Gasteiger partial charge in [0.05, 0.1) is 6.54 Å². The highest BCUT2D eigenvalue weighted by Crippen LogP contribution is 2.29. The number of ether oxygens (including phenoxy) is 1. The summed E-state index contributed by atoms with van der Waals surface area (Å²) in [6, 6.07) is 12.6. The molecule has 0 saturated heterocycles. The van der Waals surface area contributed by atoms with Crippen molar-refractivity contribution >= 4 is 21.6 Å². The molecular weight excluding hydrogens is 309 g/mol. The number of rotatable bonds is 1. The lowest BCUT2D eigenvalue weighted by Crippen LogP contribution is -2.25. The zero-order valence-corrected chi connectivity index (χ0v) is 11.9. The first-order chi connectivity index (χ1) is 9.22. The van der Waals surface area contributed by atoms with Crippen LogP contribution in [0.1, 0.15) is 5.56 Å². The van der Waals surface area contributed by atoms with E-state index in [0.717, 1.165) is 34.6 Å². The molecule has 2 nitrogen and oxygen atoms in total. The molecule has 3 rings (SSSR count). The van der Waals surface area contributed by atoms with Gasteiger partial charge in [-0.25, -0.2) is 4.39 Å². The fraction of sp³-hybridized carbons (Fsp3) is 0.200. The van der Waals surface area contributed by atoms with E-state index in [9.17, 15) is 4.39 Å². The predicted octanol–water partition coefficient (Wildman–Crippen LogP) is 3.99. The van der Waals surface area contributed by atoms with Gasteiger partial charge in [-0.1, -0.05) is 22.0 Å². The number of halogens is 2. The van der Waals surface area contributed by atoms with Crippen LogP contribution in [-0.2, 0) is 6.54 Å². The molecule has 98 valence electrons. The quantitative estimate of drug-likeness (QED) is 0.787. The second kappa shape index (κ2) is 5.21. The Bertz CT molecular complexity index is 585. The summed E-state index contributed by atoms with van der Waals surface area (Å²) in [5.74, 6) is 0.707. The van der Waals surface area contributed by atoms with Crippen molar-refractivity contribution in [2.24, 2.45) is 0 Å². The normalized spacial score (nSPS) is 14.5. The van der Waals surface area contributed by atoms with Gasteiger partial charge >= 0.3 is 0 Å². The Morgan fingerprint density at radius 1 is 1.11 bits per heavy atom. The molecule has 1 heterocycles. The van der Waals surface area contributed by atoms with E-state index >= 15 is 0 Å². The zero-order chi connectivity index (χ0) is 13.2. The first kappa shape index (κ1) is 12.5. The molecule has 1 aliphatic rings. The molecule has 2 aromatic rings. The van der Waals surface area contributed by atoms with E-state index in [-0.39, 0.29) is 5.82 Å². The van der Waals surface area contributed by atoms with Crippen molar-refractivity contribution in [2.45, 2.75) is 6.54 Å². The molecule has 0 radical (unpaired) electrons. The van der Waals surface area contributed by atoms with Crippen molar-refractivity contribution in [1.82, 2.24) is 0 Å². The molecule has 0 atom stereocenters. The van der Waals surface area contributed by atoms with Crippen LogP contribution in [0.15, 0.2) is 46.9 Å². The van der Waals surface area contributed by atoms with Gasteiger partial charge < -0.3 is 9.64 Å². The van der Waals surface area contributed by atoms with E-state index in [4.69, 9.17) is 4.74 Å². The average Bonchev–Trinajstić information content (AvgIpc) is 2.61. The van der Waals surface area contributed by atoms with Crippen molar-refractivity contribution in [3.05, 3.63) is 58.3 Å². The number of benzene rings is 2. The Balaban J connectivity index is 1.89. The highest BCUT2D eigenvalue weighted by Gasteiger charge is 2.15. The van der Waals surface area contributed by atoms with Crippen LogP contribution in [-0.4, -0.2) is 13.2 Å². The minimum atomic E-state index is -0.209. The predicted molar refractivity (Wildman–Crippen MR) is 77.1 cm³/mol. The maximum Gasteiger partial charge on any atom is 0.125 e. The van der Waals surface area contributed by atoms with Crippen LogP contribution in [0.4, 0.5) is 10.1 Å². The lowest BCUT2D eigenvalue weighted by molar-refractivity contribution is 0.331. The lowest BCUT2D eigenvalue weighted by atomic mass is 10.2. The summed E-state index contributed by atoms with van der Waals surface area (Å²) in [6.07, 6.45) is 0. The molecule has 19 heavy (non-hydrogen) atoms. The third-order valence-electron chi connectivity index (χ3n) is 3.20. The van der Waals surface area contributed by atoms with E-state index in [0.29, 0.717) is 6.61 Å². The van der Waals surface area contributed by atoms with Gasteiger partial charge in [-0.15, -0.1) is 0 Å². The topological polar surface area (TPSA) is 12.5 Å². The summed E-state index contributed by atoms with van der Waals surface area (Å²) in [6.45, 7) is 2.19. The van der Waals surface area contributed by atoms with Gasteiger partial charge in [-0.2, -0.15) is 0 Å². The Labute approximate surface area is 119 Å². The lowest BCUT2D eigenvalue weighted by Gasteiger charge is -2.22. The van der Waals surface area contributed by atoms with Crippen LogP contribution in [0.25, 0.3) is 0 Å². The summed E-state index contributed by atoms with van der Waals surface area (Å²) < 4.78 is 19.7. The highest BCUT2D eigenvalue weighted by atomic mass is 79.9. The van der Waals surface area contributed by atoms with Gasteiger partial charge in [0.25, 0.3) is 0 Å². The number of hydrogen-bond acceptors (Lipinski definition) is 2. The second-order valence-corrected chi connectivity index (χ2v) is 5.41. The zero-order valence-electron chi connectivity index (χ0n) is 10.3. The van der Waals surface area contributed by atoms with Gasteiger partial charge in [0, 0.05) is 22.3 Å². The highest BCUT2D eigenvalue weighted by molar-refractivity contribution is 9.10. The fourth-order valence-electron chi connectivity index (χ4n) is 2.22. The minimum Gasteiger partial charge on any atom is -0.491 e. The van der Waals surface area contributed by atoms with Crippen molar-refractivity contribution in [3.8, 4) is 5.75 Å². The molecule has 0 spiro atoms. The van der Waals surface area contributed by atoms with E-state index < -0.39 is 0 Å². The second-order valence-electron chi connectivity index (χ2n) is 4.50. The minimum absolute atomic E-state index is 0.209. The molecular formula is C15H13BrFNO. The molecule has 0 unspecified atom stereocenters. The molecule has 2 aromatic carbocycles. The van der Waals surface area contributed by atoms with E-state index in [2.05, 4.69) is 26.9 Å². The Morgan fingerprint density at radius 3 is 2.68 bits per heavy atom. The van der Waals surface area contributed by atoms with Crippen LogP contribution in [0.2, 0.25) is 0 Å². The number of hydrogen-bond donors (Lipinski definition) is 0. The van der Waals surface area contributed by atoms with Gasteiger partial charge in [0.15, 0.2) is 0 Å². The molecule has 0 bridgehead atoms. The first-order valence-electron chi connectivity index (χ1n) is 6.14. The summed E-state index contributed by atoms with van der Waals surface area (Å²) in [5, 5.41) is 0. The van der Waals surface area contributed by atoms with Gasteiger partial charge in [0.2, 0.25) is 0 Å². The average molecular weight is 322 g/mol. The molecule has 0 aromatic heterocycles. The monoisotopic (exact) mass is 321 g/mol. The van der Waals surface area contributed by atoms with Crippen molar-refractivity contribution in [3.63, 3.8) is 0 Å². The fourth-order valence-corrected chi connectivity index (χ4v) is 2.56. The van der Waals surface area contributed by atoms with Crippen molar-refractivity contribution in [1.29, 1.82) is 0 Å². The largest absolute Gasteiger partial charge is 0.491 e. The number of anilines is 1. The SMILES string of the molecule is Fc1ccc(N2CCOc3cc(Br)ccc3C2)cc1. The first-order valence-corrected chi connectivity index (χ1v) is 6.93. The summed E-state index contributed by atoms with van der Waals surface area (Å²) in [7, 11) is 0. The van der Waals surface area contributed by atoms with Crippen LogP contribution in [0, 0.1) is 5.82 Å². The smallest absolute Gasteiger partial charge is 0.125 e. The Morgan fingerprint density at radius 2 is 1.89 bits per heavy atom. The van der Waals surface area contributed by atoms with Crippen LogP contribution in [0.3, 0.4) is 0 Å². The third-order valence-corrected chi connectivity index (χ3v) is 3.69. The molecule has 0 N–H and O–H groups in total. The Kier molecular flexibility index (Phi) is 3.42. The molecule has 0 amide bonds. The molecule has 1 aliphatic heterocycles. The van der Waals surface area contributed by atoms with Crippen LogP contribution >= 0.6 is 15.9 Å². The van der Waals surface area contributed by atoms with E-state index in [1.807, 2.05) is 12.1 Å². The molecule has 0 saturated carbocycles.